The number of amides is 1. The van der Waals surface area contributed by atoms with Gasteiger partial charge in [0.05, 0.1) is 31.0 Å². The van der Waals surface area contributed by atoms with Crippen LogP contribution in [-0.4, -0.2) is 26.2 Å². The first-order valence-corrected chi connectivity index (χ1v) is 5.35. The first kappa shape index (κ1) is 16.8. The van der Waals surface area contributed by atoms with Crippen LogP contribution in [0.4, 0.5) is 5.69 Å². The molecule has 18 heavy (non-hydrogen) atoms. The van der Waals surface area contributed by atoms with E-state index in [0.29, 0.717) is 22.2 Å². The summed E-state index contributed by atoms with van der Waals surface area (Å²) >= 11 is 5.94. The number of hydrogen-bond donors (Lipinski definition) is 2. The number of carbonyl (C=O) groups is 1. The van der Waals surface area contributed by atoms with E-state index >= 15 is 0 Å². The second-order valence-electron chi connectivity index (χ2n) is 3.46. The minimum absolute atomic E-state index is 0. The highest BCUT2D eigenvalue weighted by atomic mass is 35.5. The van der Waals surface area contributed by atoms with Crippen LogP contribution in [0, 0.1) is 0 Å². The minimum Gasteiger partial charge on any atom is -0.495 e. The molecule has 0 bridgehead atoms. The maximum absolute atomic E-state index is 11.5. The van der Waals surface area contributed by atoms with E-state index in [1.54, 1.807) is 19.1 Å². The standard InChI is InChI=1S/C11H15ClN2O3.ClH/c1-6(13)11(15)14-8-5-9(16-2)7(12)4-10(8)17-3;/h4-6H,13H2,1-3H3,(H,14,15);1H/t6-;/m1./s1. The number of rotatable bonds is 4. The van der Waals surface area contributed by atoms with Crippen LogP contribution in [0.2, 0.25) is 5.02 Å². The lowest BCUT2D eigenvalue weighted by Crippen LogP contribution is -2.32. The highest BCUT2D eigenvalue weighted by Gasteiger charge is 2.14. The second kappa shape index (κ2) is 7.31. The van der Waals surface area contributed by atoms with Crippen molar-refractivity contribution in [3.63, 3.8) is 0 Å². The van der Waals surface area contributed by atoms with Crippen molar-refractivity contribution in [2.24, 2.45) is 5.73 Å². The van der Waals surface area contributed by atoms with Crippen molar-refractivity contribution in [1.29, 1.82) is 0 Å². The van der Waals surface area contributed by atoms with Gasteiger partial charge in [0.25, 0.3) is 0 Å². The van der Waals surface area contributed by atoms with Gasteiger partial charge in [-0.05, 0) is 6.92 Å². The molecule has 0 saturated carbocycles. The van der Waals surface area contributed by atoms with Crippen LogP contribution >= 0.6 is 24.0 Å². The lowest BCUT2D eigenvalue weighted by atomic mass is 10.2. The molecule has 7 heteroatoms. The zero-order valence-corrected chi connectivity index (χ0v) is 11.9. The molecular weight excluding hydrogens is 279 g/mol. The molecule has 0 saturated heterocycles. The number of benzene rings is 1. The van der Waals surface area contributed by atoms with Gasteiger partial charge in [-0.3, -0.25) is 4.79 Å². The van der Waals surface area contributed by atoms with Crippen LogP contribution < -0.4 is 20.5 Å². The van der Waals surface area contributed by atoms with Crippen LogP contribution in [0.5, 0.6) is 11.5 Å². The van der Waals surface area contributed by atoms with Crippen molar-refractivity contribution in [3.8, 4) is 11.5 Å². The van der Waals surface area contributed by atoms with E-state index in [4.69, 9.17) is 26.8 Å². The maximum atomic E-state index is 11.5. The quantitative estimate of drug-likeness (QED) is 0.891. The molecule has 102 valence electrons. The average Bonchev–Trinajstić information content (AvgIpc) is 2.30. The molecular formula is C11H16Cl2N2O3. The fourth-order valence-electron chi connectivity index (χ4n) is 1.20. The average molecular weight is 295 g/mol. The Morgan fingerprint density at radius 1 is 1.33 bits per heavy atom. The molecule has 0 unspecified atom stereocenters. The lowest BCUT2D eigenvalue weighted by molar-refractivity contribution is -0.117. The Kier molecular flexibility index (Phi) is 6.83. The minimum atomic E-state index is -0.610. The van der Waals surface area contributed by atoms with E-state index in [1.165, 1.54) is 14.2 Å². The van der Waals surface area contributed by atoms with Crippen molar-refractivity contribution in [3.05, 3.63) is 17.2 Å². The number of methoxy groups -OCH3 is 2. The van der Waals surface area contributed by atoms with Crippen LogP contribution in [0.25, 0.3) is 0 Å². The van der Waals surface area contributed by atoms with E-state index in [9.17, 15) is 4.79 Å². The van der Waals surface area contributed by atoms with Gasteiger partial charge in [-0.2, -0.15) is 0 Å². The first-order valence-electron chi connectivity index (χ1n) is 4.97. The number of hydrogen-bond acceptors (Lipinski definition) is 4. The summed E-state index contributed by atoms with van der Waals surface area (Å²) in [6, 6.07) is 2.54. The third-order valence-corrected chi connectivity index (χ3v) is 2.44. The van der Waals surface area contributed by atoms with Crippen LogP contribution in [0.3, 0.4) is 0 Å². The third kappa shape index (κ3) is 3.94. The van der Waals surface area contributed by atoms with Crippen molar-refractivity contribution in [2.75, 3.05) is 19.5 Å². The fourth-order valence-corrected chi connectivity index (χ4v) is 1.44. The molecule has 0 aromatic heterocycles. The summed E-state index contributed by atoms with van der Waals surface area (Å²) in [6.45, 7) is 1.59. The SMILES string of the molecule is COc1cc(NC(=O)[C@@H](C)N)c(OC)cc1Cl.Cl. The van der Waals surface area contributed by atoms with E-state index in [0.717, 1.165) is 0 Å². The van der Waals surface area contributed by atoms with Gasteiger partial charge in [0.2, 0.25) is 5.91 Å². The molecule has 0 aliphatic carbocycles. The highest BCUT2D eigenvalue weighted by molar-refractivity contribution is 6.32. The van der Waals surface area contributed by atoms with Gasteiger partial charge in [0.1, 0.15) is 11.5 Å². The van der Waals surface area contributed by atoms with Gasteiger partial charge in [-0.25, -0.2) is 0 Å². The normalized spacial score (nSPS) is 11.2. The number of carbonyl (C=O) groups excluding carboxylic acids is 1. The monoisotopic (exact) mass is 294 g/mol. The van der Waals surface area contributed by atoms with Gasteiger partial charge in [-0.1, -0.05) is 11.6 Å². The molecule has 3 N–H and O–H groups in total. The molecule has 1 amide bonds. The molecule has 0 fully saturated rings. The maximum Gasteiger partial charge on any atom is 0.241 e. The van der Waals surface area contributed by atoms with Gasteiger partial charge in [0.15, 0.2) is 0 Å². The summed E-state index contributed by atoms with van der Waals surface area (Å²) in [5, 5.41) is 3.04. The van der Waals surface area contributed by atoms with Crippen molar-refractivity contribution in [1.82, 2.24) is 0 Å². The molecule has 5 nitrogen and oxygen atoms in total. The summed E-state index contributed by atoms with van der Waals surface area (Å²) in [6.07, 6.45) is 0. The number of halogens is 2. The van der Waals surface area contributed by atoms with E-state index < -0.39 is 6.04 Å². The molecule has 0 aliphatic rings. The Bertz CT molecular complexity index is 425. The van der Waals surface area contributed by atoms with E-state index in [1.807, 2.05) is 0 Å². The summed E-state index contributed by atoms with van der Waals surface area (Å²) in [5.41, 5.74) is 5.93. The van der Waals surface area contributed by atoms with Gasteiger partial charge in [0, 0.05) is 12.1 Å². The molecule has 1 rings (SSSR count). The van der Waals surface area contributed by atoms with E-state index in [2.05, 4.69) is 5.32 Å². The smallest absolute Gasteiger partial charge is 0.241 e. The fraction of sp³-hybridized carbons (Fsp3) is 0.364. The molecule has 1 atom stereocenters. The molecule has 0 radical (unpaired) electrons. The highest BCUT2D eigenvalue weighted by Crippen LogP contribution is 2.35. The van der Waals surface area contributed by atoms with Gasteiger partial charge in [-0.15, -0.1) is 12.4 Å². The van der Waals surface area contributed by atoms with Crippen molar-refractivity contribution >= 4 is 35.6 Å². The summed E-state index contributed by atoms with van der Waals surface area (Å²) in [7, 11) is 2.98. The second-order valence-corrected chi connectivity index (χ2v) is 3.87. The largest absolute Gasteiger partial charge is 0.495 e. The predicted octanol–water partition coefficient (Wildman–Crippen LogP) is 2.06. The summed E-state index contributed by atoms with van der Waals surface area (Å²) in [5.74, 6) is 0.588. The Labute approximate surface area is 117 Å². The summed E-state index contributed by atoms with van der Waals surface area (Å²) < 4.78 is 10.2. The van der Waals surface area contributed by atoms with Gasteiger partial charge >= 0.3 is 0 Å². The van der Waals surface area contributed by atoms with Crippen LogP contribution in [0.15, 0.2) is 12.1 Å². The lowest BCUT2D eigenvalue weighted by Gasteiger charge is -2.14. The molecule has 1 aromatic carbocycles. The molecule has 0 aliphatic heterocycles. The van der Waals surface area contributed by atoms with E-state index in [-0.39, 0.29) is 18.3 Å². The van der Waals surface area contributed by atoms with Crippen molar-refractivity contribution in [2.45, 2.75) is 13.0 Å². The Balaban J connectivity index is 0.00000289. The van der Waals surface area contributed by atoms with Crippen molar-refractivity contribution < 1.29 is 14.3 Å². The topological polar surface area (TPSA) is 73.6 Å². The number of nitrogens with two attached hydrogens (primary N) is 1. The summed E-state index contributed by atoms with van der Waals surface area (Å²) in [4.78, 5) is 11.5. The number of nitrogens with one attached hydrogen (secondary N) is 1. The zero-order chi connectivity index (χ0) is 13.0. The molecule has 0 spiro atoms. The third-order valence-electron chi connectivity index (χ3n) is 2.15. The predicted molar refractivity (Wildman–Crippen MR) is 74.1 cm³/mol. The number of anilines is 1. The Morgan fingerprint density at radius 2 is 1.89 bits per heavy atom. The van der Waals surface area contributed by atoms with Crippen LogP contribution in [-0.2, 0) is 4.79 Å². The van der Waals surface area contributed by atoms with Gasteiger partial charge < -0.3 is 20.5 Å². The first-order chi connectivity index (χ1) is 7.99. The molecule has 0 heterocycles. The zero-order valence-electron chi connectivity index (χ0n) is 10.3. The van der Waals surface area contributed by atoms with Crippen LogP contribution in [0.1, 0.15) is 6.92 Å². The molecule has 1 aromatic rings. The Hall–Kier alpha value is -1.17. The Morgan fingerprint density at radius 3 is 2.33 bits per heavy atom. The number of ether oxygens (including phenoxy) is 2.